The number of esters is 1. The third-order valence-electron chi connectivity index (χ3n) is 4.71. The number of rotatable bonds is 7. The zero-order valence-electron chi connectivity index (χ0n) is 16.1. The van der Waals surface area contributed by atoms with Gasteiger partial charge in [-0.3, -0.25) is 4.79 Å². The van der Waals surface area contributed by atoms with Crippen LogP contribution >= 0.6 is 0 Å². The van der Waals surface area contributed by atoms with Crippen molar-refractivity contribution in [3.63, 3.8) is 0 Å². The van der Waals surface area contributed by atoms with E-state index in [0.717, 1.165) is 0 Å². The zero-order valence-corrected chi connectivity index (χ0v) is 16.9. The van der Waals surface area contributed by atoms with Crippen molar-refractivity contribution in [1.82, 2.24) is 4.90 Å². The molecule has 0 spiro atoms. The minimum Gasteiger partial charge on any atom is -0.457 e. The maximum atomic E-state index is 12.4. The maximum absolute atomic E-state index is 12.4. The van der Waals surface area contributed by atoms with Gasteiger partial charge in [-0.05, 0) is 49.7 Å². The van der Waals surface area contributed by atoms with Gasteiger partial charge in [0.25, 0.3) is 5.91 Å². The molecule has 1 heterocycles. The number of nitrogens with zero attached hydrogens (tertiary/aromatic N) is 1. The number of likely N-dealkylation sites (N-methyl/N-ethyl adjacent to an activating group) is 1. The van der Waals surface area contributed by atoms with Gasteiger partial charge in [-0.1, -0.05) is 18.2 Å². The van der Waals surface area contributed by atoms with Crippen molar-refractivity contribution in [2.24, 2.45) is 0 Å². The second-order valence-corrected chi connectivity index (χ2v) is 8.98. The molecule has 0 unspecified atom stereocenters. The summed E-state index contributed by atoms with van der Waals surface area (Å²) in [6.07, 6.45) is 0.415. The lowest BCUT2D eigenvalue weighted by atomic mass is 10.2. The summed E-state index contributed by atoms with van der Waals surface area (Å²) < 4.78 is 34.1. The molecular formula is C21H23NO6S. The molecule has 0 radical (unpaired) electrons. The van der Waals surface area contributed by atoms with Crippen LogP contribution in [-0.2, 0) is 19.4 Å². The summed E-state index contributed by atoms with van der Waals surface area (Å²) in [7, 11) is -3.10. The van der Waals surface area contributed by atoms with Gasteiger partial charge >= 0.3 is 5.97 Å². The zero-order chi connectivity index (χ0) is 20.9. The Hall–Kier alpha value is -2.87. The molecule has 2 aromatic rings. The summed E-state index contributed by atoms with van der Waals surface area (Å²) in [5.41, 5.74) is 0.296. The van der Waals surface area contributed by atoms with E-state index in [9.17, 15) is 18.0 Å². The minimum atomic E-state index is -3.10. The Morgan fingerprint density at radius 1 is 1.03 bits per heavy atom. The average molecular weight is 417 g/mol. The number of para-hydroxylation sites is 1. The van der Waals surface area contributed by atoms with Crippen molar-refractivity contribution < 1.29 is 27.5 Å². The second-order valence-electron chi connectivity index (χ2n) is 6.75. The summed E-state index contributed by atoms with van der Waals surface area (Å²) in [4.78, 5) is 26.1. The molecule has 0 aliphatic carbocycles. The van der Waals surface area contributed by atoms with Gasteiger partial charge in [0.2, 0.25) is 0 Å². The van der Waals surface area contributed by atoms with Crippen LogP contribution in [0.3, 0.4) is 0 Å². The van der Waals surface area contributed by atoms with Gasteiger partial charge in [-0.25, -0.2) is 13.2 Å². The van der Waals surface area contributed by atoms with E-state index in [2.05, 4.69) is 0 Å². The molecule has 1 fully saturated rings. The van der Waals surface area contributed by atoms with Crippen molar-refractivity contribution in [2.45, 2.75) is 19.4 Å². The van der Waals surface area contributed by atoms with Gasteiger partial charge in [0.1, 0.15) is 11.5 Å². The maximum Gasteiger partial charge on any atom is 0.338 e. The highest BCUT2D eigenvalue weighted by Crippen LogP contribution is 2.21. The van der Waals surface area contributed by atoms with Gasteiger partial charge in [0.05, 0.1) is 17.1 Å². The van der Waals surface area contributed by atoms with E-state index in [1.165, 1.54) is 4.90 Å². The quantitative estimate of drug-likeness (QED) is 0.644. The predicted octanol–water partition coefficient (Wildman–Crippen LogP) is 2.67. The SMILES string of the molecule is CCN(C(=O)COC(=O)c1ccc(Oc2ccccc2)cc1)[C@H]1CCS(=O)(=O)C1. The van der Waals surface area contributed by atoms with E-state index in [4.69, 9.17) is 9.47 Å². The number of carbonyl (C=O) groups excluding carboxylic acids is 2. The van der Waals surface area contributed by atoms with E-state index in [1.807, 2.05) is 30.3 Å². The van der Waals surface area contributed by atoms with Gasteiger partial charge in [-0.15, -0.1) is 0 Å². The topological polar surface area (TPSA) is 90.0 Å². The van der Waals surface area contributed by atoms with Crippen LogP contribution in [0.4, 0.5) is 0 Å². The van der Waals surface area contributed by atoms with Crippen LogP contribution < -0.4 is 4.74 Å². The third kappa shape index (κ3) is 5.57. The largest absolute Gasteiger partial charge is 0.457 e. The molecule has 1 atom stereocenters. The highest BCUT2D eigenvalue weighted by Gasteiger charge is 2.34. The first-order valence-electron chi connectivity index (χ1n) is 9.38. The monoisotopic (exact) mass is 417 g/mol. The van der Waals surface area contributed by atoms with Gasteiger partial charge in [-0.2, -0.15) is 0 Å². The van der Waals surface area contributed by atoms with Gasteiger partial charge < -0.3 is 14.4 Å². The fourth-order valence-electron chi connectivity index (χ4n) is 3.24. The van der Waals surface area contributed by atoms with Crippen molar-refractivity contribution in [2.75, 3.05) is 24.7 Å². The van der Waals surface area contributed by atoms with E-state index in [1.54, 1.807) is 31.2 Å². The van der Waals surface area contributed by atoms with E-state index in [0.29, 0.717) is 30.0 Å². The van der Waals surface area contributed by atoms with Gasteiger partial charge in [0, 0.05) is 12.6 Å². The first-order chi connectivity index (χ1) is 13.9. The first-order valence-corrected chi connectivity index (χ1v) is 11.2. The summed E-state index contributed by atoms with van der Waals surface area (Å²) in [5.74, 6) is 0.277. The highest BCUT2D eigenvalue weighted by molar-refractivity contribution is 7.91. The molecule has 1 aliphatic heterocycles. The van der Waals surface area contributed by atoms with Gasteiger partial charge in [0.15, 0.2) is 16.4 Å². The lowest BCUT2D eigenvalue weighted by molar-refractivity contribution is -0.136. The van der Waals surface area contributed by atoms with E-state index < -0.39 is 28.3 Å². The molecule has 1 aliphatic rings. The Morgan fingerprint density at radius 3 is 2.28 bits per heavy atom. The second kappa shape index (κ2) is 9.09. The molecule has 2 aromatic carbocycles. The van der Waals surface area contributed by atoms with Crippen molar-refractivity contribution >= 4 is 21.7 Å². The van der Waals surface area contributed by atoms with Crippen LogP contribution in [0.15, 0.2) is 54.6 Å². The van der Waals surface area contributed by atoms with Crippen LogP contribution in [0.2, 0.25) is 0 Å². The molecular weight excluding hydrogens is 394 g/mol. The molecule has 3 rings (SSSR count). The number of sulfone groups is 1. The Morgan fingerprint density at radius 2 is 1.69 bits per heavy atom. The Labute approximate surface area is 170 Å². The Bertz CT molecular complexity index is 956. The van der Waals surface area contributed by atoms with E-state index in [-0.39, 0.29) is 17.5 Å². The average Bonchev–Trinajstić information content (AvgIpc) is 3.07. The summed E-state index contributed by atoms with van der Waals surface area (Å²) in [6, 6.07) is 15.3. The molecule has 7 nitrogen and oxygen atoms in total. The standard InChI is InChI=1S/C21H23NO6S/c1-2-22(17-12-13-29(25,26)15-17)20(23)14-27-21(24)16-8-10-19(11-9-16)28-18-6-4-3-5-7-18/h3-11,17H,2,12-15H2,1H3/t17-/m0/s1. The Kier molecular flexibility index (Phi) is 6.53. The molecule has 0 saturated carbocycles. The number of carbonyl (C=O) groups is 2. The normalized spacial score (nSPS) is 17.5. The van der Waals surface area contributed by atoms with Crippen LogP contribution in [0.25, 0.3) is 0 Å². The third-order valence-corrected chi connectivity index (χ3v) is 6.46. The van der Waals surface area contributed by atoms with Crippen LogP contribution in [0.5, 0.6) is 11.5 Å². The Balaban J connectivity index is 1.53. The highest BCUT2D eigenvalue weighted by atomic mass is 32.2. The number of amides is 1. The molecule has 0 N–H and O–H groups in total. The molecule has 29 heavy (non-hydrogen) atoms. The number of hydrogen-bond acceptors (Lipinski definition) is 6. The summed E-state index contributed by atoms with van der Waals surface area (Å²) in [6.45, 7) is 1.71. The van der Waals surface area contributed by atoms with Crippen molar-refractivity contribution in [3.05, 3.63) is 60.2 Å². The molecule has 0 aromatic heterocycles. The van der Waals surface area contributed by atoms with Crippen LogP contribution in [0, 0.1) is 0 Å². The fraction of sp³-hybridized carbons (Fsp3) is 0.333. The first kappa shape index (κ1) is 20.9. The van der Waals surface area contributed by atoms with Crippen LogP contribution in [-0.4, -0.2) is 55.9 Å². The predicted molar refractivity (Wildman–Crippen MR) is 108 cm³/mol. The number of benzene rings is 2. The smallest absolute Gasteiger partial charge is 0.338 e. The molecule has 1 amide bonds. The minimum absolute atomic E-state index is 0.0383. The van der Waals surface area contributed by atoms with Crippen molar-refractivity contribution in [1.29, 1.82) is 0 Å². The molecule has 8 heteroatoms. The molecule has 154 valence electrons. The summed E-state index contributed by atoms with van der Waals surface area (Å²) in [5, 5.41) is 0. The molecule has 1 saturated heterocycles. The summed E-state index contributed by atoms with van der Waals surface area (Å²) >= 11 is 0. The number of ether oxygens (including phenoxy) is 2. The lowest BCUT2D eigenvalue weighted by Gasteiger charge is -2.26. The lowest BCUT2D eigenvalue weighted by Crippen LogP contribution is -2.43. The molecule has 0 bridgehead atoms. The fourth-order valence-corrected chi connectivity index (χ4v) is 4.97. The van der Waals surface area contributed by atoms with Crippen LogP contribution in [0.1, 0.15) is 23.7 Å². The number of hydrogen-bond donors (Lipinski definition) is 0. The van der Waals surface area contributed by atoms with E-state index >= 15 is 0 Å². The van der Waals surface area contributed by atoms with Crippen molar-refractivity contribution in [3.8, 4) is 11.5 Å².